The zero-order chi connectivity index (χ0) is 11.6. The van der Waals surface area contributed by atoms with Gasteiger partial charge < -0.3 is 10.6 Å². The quantitative estimate of drug-likeness (QED) is 0.836. The summed E-state index contributed by atoms with van der Waals surface area (Å²) in [6, 6.07) is 6.15. The average molecular weight is 226 g/mol. The smallest absolute Gasteiger partial charge is 0.140 e. The maximum atomic E-state index is 14.1. The Kier molecular flexibility index (Phi) is 3.10. The van der Waals surface area contributed by atoms with Gasteiger partial charge in [0.25, 0.3) is 0 Å². The third kappa shape index (κ3) is 2.32. The molecule has 88 valence electrons. The highest BCUT2D eigenvalue weighted by Gasteiger charge is 2.34. The van der Waals surface area contributed by atoms with Crippen molar-refractivity contribution in [1.29, 1.82) is 0 Å². The second-order valence-electron chi connectivity index (χ2n) is 4.36. The molecule has 1 aliphatic heterocycles. The molecule has 2 rings (SSSR count). The van der Waals surface area contributed by atoms with Crippen LogP contribution in [-0.4, -0.2) is 25.3 Å². The maximum Gasteiger partial charge on any atom is 0.140 e. The molecule has 1 aromatic carbocycles. The molecule has 1 aromatic rings. The van der Waals surface area contributed by atoms with Gasteiger partial charge in [-0.15, -0.1) is 0 Å². The molecule has 2 N–H and O–H groups in total. The second kappa shape index (κ2) is 4.37. The molecule has 0 spiro atoms. The van der Waals surface area contributed by atoms with Gasteiger partial charge in [0, 0.05) is 18.8 Å². The standard InChI is InChI=1S/C12H16F2N2/c13-10-2-4-11(5-3-10)16-7-1-6-12(14,8-15)9-16/h2-5H,1,6-9,15H2. The molecule has 0 radical (unpaired) electrons. The minimum absolute atomic E-state index is 0.0463. The van der Waals surface area contributed by atoms with Crippen LogP contribution in [0.3, 0.4) is 0 Å². The molecule has 0 aliphatic carbocycles. The van der Waals surface area contributed by atoms with E-state index in [1.165, 1.54) is 12.1 Å². The van der Waals surface area contributed by atoms with E-state index in [2.05, 4.69) is 0 Å². The van der Waals surface area contributed by atoms with Crippen molar-refractivity contribution in [3.63, 3.8) is 0 Å². The number of hydrogen-bond acceptors (Lipinski definition) is 2. The summed E-state index contributed by atoms with van der Waals surface area (Å²) in [7, 11) is 0. The Hall–Kier alpha value is -1.16. The summed E-state index contributed by atoms with van der Waals surface area (Å²) in [4.78, 5) is 1.93. The van der Waals surface area contributed by atoms with Crippen molar-refractivity contribution >= 4 is 5.69 Å². The molecular formula is C12H16F2N2. The Balaban J connectivity index is 2.12. The van der Waals surface area contributed by atoms with Crippen LogP contribution in [0.5, 0.6) is 0 Å². The average Bonchev–Trinajstić information content (AvgIpc) is 2.30. The molecule has 1 heterocycles. The van der Waals surface area contributed by atoms with Crippen molar-refractivity contribution in [2.24, 2.45) is 5.73 Å². The molecule has 0 amide bonds. The van der Waals surface area contributed by atoms with Gasteiger partial charge in [0.15, 0.2) is 0 Å². The lowest BCUT2D eigenvalue weighted by atomic mass is 9.94. The van der Waals surface area contributed by atoms with E-state index in [0.717, 1.165) is 18.7 Å². The summed E-state index contributed by atoms with van der Waals surface area (Å²) in [5.41, 5.74) is 5.00. The second-order valence-corrected chi connectivity index (χ2v) is 4.36. The lowest BCUT2D eigenvalue weighted by Crippen LogP contribution is -2.49. The number of nitrogens with two attached hydrogens (primary N) is 1. The van der Waals surface area contributed by atoms with Crippen LogP contribution >= 0.6 is 0 Å². The van der Waals surface area contributed by atoms with Gasteiger partial charge in [-0.2, -0.15) is 0 Å². The third-order valence-corrected chi connectivity index (χ3v) is 3.08. The summed E-state index contributed by atoms with van der Waals surface area (Å²) in [6.07, 6.45) is 1.30. The molecule has 1 unspecified atom stereocenters. The van der Waals surface area contributed by atoms with E-state index in [0.29, 0.717) is 13.0 Å². The van der Waals surface area contributed by atoms with Gasteiger partial charge in [0.1, 0.15) is 11.5 Å². The van der Waals surface area contributed by atoms with Gasteiger partial charge in [-0.25, -0.2) is 8.78 Å². The van der Waals surface area contributed by atoms with Crippen LogP contribution in [0, 0.1) is 5.82 Å². The van der Waals surface area contributed by atoms with Crippen molar-refractivity contribution < 1.29 is 8.78 Å². The Labute approximate surface area is 94.0 Å². The first-order valence-electron chi connectivity index (χ1n) is 5.52. The minimum Gasteiger partial charge on any atom is -0.368 e. The third-order valence-electron chi connectivity index (χ3n) is 3.08. The zero-order valence-electron chi connectivity index (χ0n) is 9.13. The molecule has 1 saturated heterocycles. The van der Waals surface area contributed by atoms with Crippen LogP contribution in [0.15, 0.2) is 24.3 Å². The SMILES string of the molecule is NCC1(F)CCCN(c2ccc(F)cc2)C1. The normalized spacial score (nSPS) is 25.8. The molecule has 4 heteroatoms. The molecule has 1 fully saturated rings. The predicted molar refractivity (Wildman–Crippen MR) is 60.7 cm³/mol. The summed E-state index contributed by atoms with van der Waals surface area (Å²) >= 11 is 0. The summed E-state index contributed by atoms with van der Waals surface area (Å²) in [6.45, 7) is 1.15. The van der Waals surface area contributed by atoms with Gasteiger partial charge in [0.2, 0.25) is 0 Å². The van der Waals surface area contributed by atoms with Crippen LogP contribution in [0.2, 0.25) is 0 Å². The molecular weight excluding hydrogens is 210 g/mol. The number of hydrogen-bond donors (Lipinski definition) is 1. The number of benzene rings is 1. The number of halogens is 2. The zero-order valence-corrected chi connectivity index (χ0v) is 9.13. The Morgan fingerprint density at radius 1 is 1.31 bits per heavy atom. The van der Waals surface area contributed by atoms with E-state index >= 15 is 0 Å². The van der Waals surface area contributed by atoms with Crippen molar-refractivity contribution in [3.05, 3.63) is 30.1 Å². The lowest BCUT2D eigenvalue weighted by molar-refractivity contribution is 0.146. The molecule has 2 nitrogen and oxygen atoms in total. The Morgan fingerprint density at radius 2 is 2.00 bits per heavy atom. The molecule has 16 heavy (non-hydrogen) atoms. The van der Waals surface area contributed by atoms with E-state index in [4.69, 9.17) is 5.73 Å². The van der Waals surface area contributed by atoms with E-state index in [9.17, 15) is 8.78 Å². The van der Waals surface area contributed by atoms with Crippen molar-refractivity contribution in [2.75, 3.05) is 24.5 Å². The van der Waals surface area contributed by atoms with Crippen LogP contribution in [0.1, 0.15) is 12.8 Å². The van der Waals surface area contributed by atoms with Gasteiger partial charge in [-0.05, 0) is 37.1 Å². The fourth-order valence-corrected chi connectivity index (χ4v) is 2.13. The fraction of sp³-hybridized carbons (Fsp3) is 0.500. The number of anilines is 1. The maximum absolute atomic E-state index is 14.1. The number of piperidine rings is 1. The minimum atomic E-state index is -1.30. The highest BCUT2D eigenvalue weighted by molar-refractivity contribution is 5.47. The molecule has 0 aromatic heterocycles. The van der Waals surface area contributed by atoms with Gasteiger partial charge in [-0.1, -0.05) is 0 Å². The first-order chi connectivity index (χ1) is 7.63. The lowest BCUT2D eigenvalue weighted by Gasteiger charge is -2.38. The van der Waals surface area contributed by atoms with Gasteiger partial charge in [-0.3, -0.25) is 0 Å². The number of nitrogens with zero attached hydrogens (tertiary/aromatic N) is 1. The molecule has 0 saturated carbocycles. The Bertz CT molecular complexity index is 353. The van der Waals surface area contributed by atoms with E-state index in [1.54, 1.807) is 12.1 Å². The predicted octanol–water partition coefficient (Wildman–Crippen LogP) is 2.09. The molecule has 0 bridgehead atoms. The topological polar surface area (TPSA) is 29.3 Å². The van der Waals surface area contributed by atoms with E-state index in [-0.39, 0.29) is 12.4 Å². The van der Waals surface area contributed by atoms with Crippen LogP contribution in [0.25, 0.3) is 0 Å². The van der Waals surface area contributed by atoms with Gasteiger partial charge in [0.05, 0.1) is 6.54 Å². The highest BCUT2D eigenvalue weighted by Crippen LogP contribution is 2.28. The first-order valence-corrected chi connectivity index (χ1v) is 5.52. The number of alkyl halides is 1. The highest BCUT2D eigenvalue weighted by atomic mass is 19.1. The largest absolute Gasteiger partial charge is 0.368 e. The van der Waals surface area contributed by atoms with E-state index in [1.807, 2.05) is 4.90 Å². The molecule has 1 atom stereocenters. The van der Waals surface area contributed by atoms with Crippen LogP contribution in [-0.2, 0) is 0 Å². The Morgan fingerprint density at radius 3 is 2.62 bits per heavy atom. The first kappa shape index (κ1) is 11.3. The van der Waals surface area contributed by atoms with Crippen molar-refractivity contribution in [1.82, 2.24) is 0 Å². The van der Waals surface area contributed by atoms with Crippen LogP contribution < -0.4 is 10.6 Å². The van der Waals surface area contributed by atoms with Crippen LogP contribution in [0.4, 0.5) is 14.5 Å². The van der Waals surface area contributed by atoms with Crippen molar-refractivity contribution in [3.8, 4) is 0 Å². The fourth-order valence-electron chi connectivity index (χ4n) is 2.13. The summed E-state index contributed by atoms with van der Waals surface area (Å²) in [5.74, 6) is -0.272. The van der Waals surface area contributed by atoms with Crippen molar-refractivity contribution in [2.45, 2.75) is 18.5 Å². The van der Waals surface area contributed by atoms with E-state index < -0.39 is 5.67 Å². The summed E-state index contributed by atoms with van der Waals surface area (Å²) < 4.78 is 26.8. The number of rotatable bonds is 2. The monoisotopic (exact) mass is 226 g/mol. The molecule has 1 aliphatic rings. The van der Waals surface area contributed by atoms with Gasteiger partial charge >= 0.3 is 0 Å². The summed E-state index contributed by atoms with van der Waals surface area (Å²) in [5, 5.41) is 0.